The van der Waals surface area contributed by atoms with Gasteiger partial charge in [-0.25, -0.2) is 4.79 Å². The minimum absolute atomic E-state index is 0.0508. The average molecular weight is 374 g/mol. The molecule has 1 heterocycles. The fourth-order valence-corrected chi connectivity index (χ4v) is 3.98. The van der Waals surface area contributed by atoms with Gasteiger partial charge in [0.15, 0.2) is 0 Å². The summed E-state index contributed by atoms with van der Waals surface area (Å²) in [7, 11) is 0. The molecule has 1 aromatic heterocycles. The van der Waals surface area contributed by atoms with E-state index in [0.29, 0.717) is 19.1 Å². The number of urea groups is 1. The highest BCUT2D eigenvalue weighted by atomic mass is 35.5. The first-order chi connectivity index (χ1) is 12.7. The molecule has 140 valence electrons. The van der Waals surface area contributed by atoms with E-state index in [9.17, 15) is 4.79 Å². The predicted molar refractivity (Wildman–Crippen MR) is 106 cm³/mol. The maximum atomic E-state index is 12.7. The molecule has 1 N–H and O–H groups in total. The number of benzene rings is 1. The lowest BCUT2D eigenvalue weighted by molar-refractivity contribution is 0.149. The maximum absolute atomic E-state index is 12.7. The molecule has 4 nitrogen and oxygen atoms in total. The van der Waals surface area contributed by atoms with E-state index in [2.05, 4.69) is 34.3 Å². The molecule has 26 heavy (non-hydrogen) atoms. The monoisotopic (exact) mass is 373 g/mol. The highest BCUT2D eigenvalue weighted by molar-refractivity contribution is 6.30. The normalized spacial score (nSPS) is 15.0. The lowest BCUT2D eigenvalue weighted by Gasteiger charge is -2.34. The van der Waals surface area contributed by atoms with Gasteiger partial charge < -0.3 is 14.8 Å². The van der Waals surface area contributed by atoms with Crippen molar-refractivity contribution in [2.75, 3.05) is 6.54 Å². The van der Waals surface area contributed by atoms with Gasteiger partial charge in [0.05, 0.1) is 6.54 Å². The summed E-state index contributed by atoms with van der Waals surface area (Å²) in [6.45, 7) is 4.03. The van der Waals surface area contributed by atoms with E-state index in [4.69, 9.17) is 11.6 Å². The van der Waals surface area contributed by atoms with Crippen molar-refractivity contribution in [3.8, 4) is 0 Å². The molecule has 1 aromatic carbocycles. The number of halogens is 1. The molecule has 0 aliphatic heterocycles. The van der Waals surface area contributed by atoms with E-state index >= 15 is 0 Å². The van der Waals surface area contributed by atoms with E-state index in [-0.39, 0.29) is 6.03 Å². The molecule has 1 fully saturated rings. The fourth-order valence-electron chi connectivity index (χ4n) is 3.77. The Morgan fingerprint density at radius 2 is 2.04 bits per heavy atom. The van der Waals surface area contributed by atoms with Crippen LogP contribution in [0.5, 0.6) is 0 Å². The summed E-state index contributed by atoms with van der Waals surface area (Å²) >= 11 is 6.12. The van der Waals surface area contributed by atoms with Crippen LogP contribution in [0, 0.1) is 0 Å². The van der Waals surface area contributed by atoms with Crippen molar-refractivity contribution in [3.05, 3.63) is 58.9 Å². The van der Waals surface area contributed by atoms with Crippen molar-refractivity contribution in [3.63, 3.8) is 0 Å². The number of nitrogens with zero attached hydrogens (tertiary/aromatic N) is 2. The lowest BCUT2D eigenvalue weighted by atomic mass is 9.94. The Hall–Kier alpha value is -1.94. The van der Waals surface area contributed by atoms with Crippen LogP contribution in [0.3, 0.4) is 0 Å². The minimum atomic E-state index is 0.0508. The van der Waals surface area contributed by atoms with Gasteiger partial charge in [-0.15, -0.1) is 0 Å². The molecule has 0 bridgehead atoms. The van der Waals surface area contributed by atoms with E-state index < -0.39 is 0 Å². The minimum Gasteiger partial charge on any atom is -0.345 e. The molecular weight excluding hydrogens is 346 g/mol. The number of rotatable bonds is 6. The van der Waals surface area contributed by atoms with Gasteiger partial charge in [-0.1, -0.05) is 43.0 Å². The zero-order valence-electron chi connectivity index (χ0n) is 15.5. The molecule has 0 radical (unpaired) electrons. The summed E-state index contributed by atoms with van der Waals surface area (Å²) < 4.78 is 2.21. The summed E-state index contributed by atoms with van der Waals surface area (Å²) in [6, 6.07) is 12.5. The van der Waals surface area contributed by atoms with Gasteiger partial charge in [0.2, 0.25) is 0 Å². The van der Waals surface area contributed by atoms with Gasteiger partial charge in [-0.05, 0) is 49.6 Å². The smallest absolute Gasteiger partial charge is 0.317 e. The SMILES string of the molecule is CCNC(=O)N(Cc1cccn1Cc1cccc(Cl)c1)C1CCCCC1. The van der Waals surface area contributed by atoms with Crippen molar-refractivity contribution in [1.29, 1.82) is 0 Å². The van der Waals surface area contributed by atoms with Crippen LogP contribution < -0.4 is 5.32 Å². The van der Waals surface area contributed by atoms with Crippen molar-refractivity contribution in [1.82, 2.24) is 14.8 Å². The summed E-state index contributed by atoms with van der Waals surface area (Å²) in [5.74, 6) is 0. The molecule has 0 saturated heterocycles. The van der Waals surface area contributed by atoms with E-state index in [0.717, 1.165) is 35.7 Å². The van der Waals surface area contributed by atoms with Crippen LogP contribution in [0.15, 0.2) is 42.6 Å². The number of nitrogens with one attached hydrogen (secondary N) is 1. The first-order valence-electron chi connectivity index (χ1n) is 9.60. The largest absolute Gasteiger partial charge is 0.345 e. The third-order valence-electron chi connectivity index (χ3n) is 5.10. The Bertz CT molecular complexity index is 722. The third-order valence-corrected chi connectivity index (χ3v) is 5.34. The highest BCUT2D eigenvalue weighted by Crippen LogP contribution is 2.24. The summed E-state index contributed by atoms with van der Waals surface area (Å²) in [5, 5.41) is 3.74. The molecule has 0 spiro atoms. The zero-order chi connectivity index (χ0) is 18.4. The maximum Gasteiger partial charge on any atom is 0.317 e. The molecule has 2 aromatic rings. The number of carbonyl (C=O) groups is 1. The molecule has 1 aliphatic rings. The molecule has 2 amide bonds. The number of carbonyl (C=O) groups excluding carboxylic acids is 1. The molecule has 1 saturated carbocycles. The Balaban J connectivity index is 1.76. The Morgan fingerprint density at radius 1 is 1.23 bits per heavy atom. The van der Waals surface area contributed by atoms with Crippen molar-refractivity contribution in [2.45, 2.75) is 58.2 Å². The first-order valence-corrected chi connectivity index (χ1v) is 9.98. The van der Waals surface area contributed by atoms with E-state index in [1.165, 1.54) is 19.3 Å². The summed E-state index contributed by atoms with van der Waals surface area (Å²) in [4.78, 5) is 14.7. The quantitative estimate of drug-likeness (QED) is 0.755. The molecule has 1 aliphatic carbocycles. The van der Waals surface area contributed by atoms with Crippen molar-refractivity contribution >= 4 is 17.6 Å². The summed E-state index contributed by atoms with van der Waals surface area (Å²) in [5.41, 5.74) is 2.32. The van der Waals surface area contributed by atoms with Crippen LogP contribution in [0.25, 0.3) is 0 Å². The van der Waals surface area contributed by atoms with Gasteiger partial charge in [0.1, 0.15) is 0 Å². The Labute approximate surface area is 161 Å². The first kappa shape index (κ1) is 18.8. The van der Waals surface area contributed by atoms with E-state index in [1.807, 2.05) is 30.0 Å². The molecule has 0 unspecified atom stereocenters. The summed E-state index contributed by atoms with van der Waals surface area (Å²) in [6.07, 6.45) is 7.99. The number of hydrogen-bond donors (Lipinski definition) is 1. The highest BCUT2D eigenvalue weighted by Gasteiger charge is 2.26. The Kier molecular flexibility index (Phi) is 6.62. The zero-order valence-corrected chi connectivity index (χ0v) is 16.2. The van der Waals surface area contributed by atoms with Gasteiger partial charge in [-0.2, -0.15) is 0 Å². The molecular formula is C21H28ClN3O. The fraction of sp³-hybridized carbons (Fsp3) is 0.476. The number of amides is 2. The van der Waals surface area contributed by atoms with Crippen LogP contribution in [-0.2, 0) is 13.1 Å². The van der Waals surface area contributed by atoms with Gasteiger partial charge in [0.25, 0.3) is 0 Å². The second kappa shape index (κ2) is 9.13. The van der Waals surface area contributed by atoms with Gasteiger partial charge in [0, 0.05) is 36.0 Å². The van der Waals surface area contributed by atoms with Crippen molar-refractivity contribution < 1.29 is 4.79 Å². The molecule has 0 atom stereocenters. The van der Waals surface area contributed by atoms with Gasteiger partial charge in [-0.3, -0.25) is 0 Å². The molecule has 3 rings (SSSR count). The number of hydrogen-bond acceptors (Lipinski definition) is 1. The van der Waals surface area contributed by atoms with Crippen LogP contribution >= 0.6 is 11.6 Å². The Morgan fingerprint density at radius 3 is 2.77 bits per heavy atom. The second-order valence-electron chi connectivity index (χ2n) is 7.01. The lowest BCUT2D eigenvalue weighted by Crippen LogP contribution is -2.46. The van der Waals surface area contributed by atoms with E-state index in [1.54, 1.807) is 0 Å². The standard InChI is InChI=1S/C21H28ClN3O/c1-2-23-21(26)25(19-10-4-3-5-11-19)16-20-12-7-13-24(20)15-17-8-6-9-18(22)14-17/h6-9,12-14,19H,2-5,10-11,15-16H2,1H3,(H,23,26). The van der Waals surface area contributed by atoms with Crippen LogP contribution in [0.2, 0.25) is 5.02 Å². The average Bonchev–Trinajstić information content (AvgIpc) is 3.07. The van der Waals surface area contributed by atoms with Crippen LogP contribution in [0.1, 0.15) is 50.3 Å². The topological polar surface area (TPSA) is 37.3 Å². The third kappa shape index (κ3) is 4.82. The van der Waals surface area contributed by atoms with Crippen LogP contribution in [0.4, 0.5) is 4.79 Å². The number of aromatic nitrogens is 1. The van der Waals surface area contributed by atoms with Crippen molar-refractivity contribution in [2.24, 2.45) is 0 Å². The van der Waals surface area contributed by atoms with Gasteiger partial charge >= 0.3 is 6.03 Å². The van der Waals surface area contributed by atoms with Crippen LogP contribution in [-0.4, -0.2) is 28.1 Å². The molecule has 5 heteroatoms. The second-order valence-corrected chi connectivity index (χ2v) is 7.45. The predicted octanol–water partition coefficient (Wildman–Crippen LogP) is 5.05.